The highest BCUT2D eigenvalue weighted by Crippen LogP contribution is 2.22. The second kappa shape index (κ2) is 12.6. The summed E-state index contributed by atoms with van der Waals surface area (Å²) in [6.45, 7) is 1.69. The molecule has 2 heterocycles. The highest BCUT2D eigenvalue weighted by molar-refractivity contribution is 5.81. The van der Waals surface area contributed by atoms with E-state index in [2.05, 4.69) is 0 Å². The van der Waals surface area contributed by atoms with Gasteiger partial charge in [0, 0.05) is 35.0 Å². The van der Waals surface area contributed by atoms with Crippen LogP contribution in [0.3, 0.4) is 0 Å². The Kier molecular flexibility index (Phi) is 8.76. The Morgan fingerprint density at radius 3 is 1.95 bits per heavy atom. The number of esters is 2. The fraction of sp³-hybridized carbons (Fsp3) is 0.286. The van der Waals surface area contributed by atoms with Crippen molar-refractivity contribution in [2.75, 3.05) is 26.4 Å². The third-order valence-electron chi connectivity index (χ3n) is 5.55. The molecule has 38 heavy (non-hydrogen) atoms. The summed E-state index contributed by atoms with van der Waals surface area (Å²) in [5, 5.41) is 1.53. The molecule has 198 valence electrons. The number of hydrogen-bond acceptors (Lipinski definition) is 10. The van der Waals surface area contributed by atoms with Crippen LogP contribution in [0.1, 0.15) is 24.8 Å². The van der Waals surface area contributed by atoms with Gasteiger partial charge < -0.3 is 27.8 Å². The quantitative estimate of drug-likeness (QED) is 0.153. The minimum Gasteiger partial charge on any atom is -0.482 e. The Hall–Kier alpha value is -4.60. The molecular formula is C28H26O10. The average molecular weight is 523 g/mol. The van der Waals surface area contributed by atoms with E-state index < -0.39 is 23.2 Å². The lowest BCUT2D eigenvalue weighted by Crippen LogP contribution is -2.16. The van der Waals surface area contributed by atoms with Crippen molar-refractivity contribution >= 4 is 33.9 Å². The smallest absolute Gasteiger partial charge is 0.344 e. The van der Waals surface area contributed by atoms with Gasteiger partial charge in [-0.25, -0.2) is 19.2 Å². The Bertz CT molecular complexity index is 1550. The van der Waals surface area contributed by atoms with Crippen molar-refractivity contribution in [3.8, 4) is 11.5 Å². The summed E-state index contributed by atoms with van der Waals surface area (Å²) in [6.07, 6.45) is 1.89. The van der Waals surface area contributed by atoms with Crippen molar-refractivity contribution in [2.45, 2.75) is 26.2 Å². The third-order valence-corrected chi connectivity index (χ3v) is 5.55. The fourth-order valence-electron chi connectivity index (χ4n) is 3.65. The normalized spacial score (nSPS) is 10.9. The molecule has 0 atom stereocenters. The lowest BCUT2D eigenvalue weighted by Gasteiger charge is -2.09. The molecule has 2 aromatic heterocycles. The zero-order chi connectivity index (χ0) is 26.9. The Morgan fingerprint density at radius 2 is 1.26 bits per heavy atom. The summed E-state index contributed by atoms with van der Waals surface area (Å²) in [4.78, 5) is 46.7. The maximum atomic E-state index is 11.9. The van der Waals surface area contributed by atoms with Crippen molar-refractivity contribution in [3.63, 3.8) is 0 Å². The van der Waals surface area contributed by atoms with Gasteiger partial charge in [-0.05, 0) is 62.1 Å². The number of unbranched alkanes of at least 4 members (excludes halogenated alkanes) is 2. The molecular weight excluding hydrogens is 496 g/mol. The van der Waals surface area contributed by atoms with Gasteiger partial charge in [0.15, 0.2) is 13.2 Å². The Labute approximate surface area is 216 Å². The molecule has 0 radical (unpaired) electrons. The summed E-state index contributed by atoms with van der Waals surface area (Å²) in [6, 6.07) is 14.3. The number of carbonyl (C=O) groups is 2. The Balaban J connectivity index is 1.06. The van der Waals surface area contributed by atoms with Gasteiger partial charge in [0.05, 0.1) is 13.2 Å². The number of carbonyl (C=O) groups excluding carboxylic acids is 2. The van der Waals surface area contributed by atoms with E-state index in [0.29, 0.717) is 41.9 Å². The lowest BCUT2D eigenvalue weighted by atomic mass is 10.1. The van der Waals surface area contributed by atoms with E-state index in [0.717, 1.165) is 16.3 Å². The van der Waals surface area contributed by atoms with Gasteiger partial charge in [-0.3, -0.25) is 0 Å². The molecule has 0 aliphatic rings. The second-order valence-corrected chi connectivity index (χ2v) is 8.44. The molecule has 0 saturated heterocycles. The van der Waals surface area contributed by atoms with E-state index in [-0.39, 0.29) is 26.4 Å². The molecule has 4 rings (SSSR count). The van der Waals surface area contributed by atoms with Gasteiger partial charge in [-0.2, -0.15) is 0 Å². The van der Waals surface area contributed by atoms with Crippen LogP contribution in [0.15, 0.2) is 73.0 Å². The molecule has 2 aromatic carbocycles. The molecule has 0 unspecified atom stereocenters. The highest BCUT2D eigenvalue weighted by atomic mass is 16.6. The zero-order valence-electron chi connectivity index (χ0n) is 20.7. The molecule has 0 amide bonds. The predicted molar refractivity (Wildman–Crippen MR) is 136 cm³/mol. The molecule has 0 aliphatic heterocycles. The van der Waals surface area contributed by atoms with Crippen LogP contribution >= 0.6 is 0 Å². The van der Waals surface area contributed by atoms with Gasteiger partial charge in [0.1, 0.15) is 22.7 Å². The van der Waals surface area contributed by atoms with Crippen LogP contribution < -0.4 is 20.7 Å². The van der Waals surface area contributed by atoms with E-state index in [1.807, 2.05) is 6.92 Å². The van der Waals surface area contributed by atoms with Crippen LogP contribution in [0.4, 0.5) is 0 Å². The Morgan fingerprint density at radius 1 is 0.684 bits per heavy atom. The van der Waals surface area contributed by atoms with Crippen molar-refractivity contribution < 1.29 is 37.4 Å². The summed E-state index contributed by atoms with van der Waals surface area (Å²) < 4.78 is 31.4. The molecule has 0 saturated carbocycles. The maximum absolute atomic E-state index is 11.9. The third kappa shape index (κ3) is 7.45. The highest BCUT2D eigenvalue weighted by Gasteiger charge is 2.09. The van der Waals surface area contributed by atoms with Gasteiger partial charge >= 0.3 is 23.2 Å². The van der Waals surface area contributed by atoms with Crippen LogP contribution in [0.5, 0.6) is 11.5 Å². The number of rotatable bonds is 12. The SMILES string of the molecule is Cc1cc(=O)oc2cc(OCC(=O)OCCCCCOC(=O)COc3ccc4ccc(=O)oc4c3)ccc12. The molecule has 4 aromatic rings. The minimum atomic E-state index is -0.522. The molecule has 0 aliphatic carbocycles. The van der Waals surface area contributed by atoms with Crippen molar-refractivity contribution in [3.05, 3.63) is 81.0 Å². The number of aryl methyl sites for hydroxylation is 1. The maximum Gasteiger partial charge on any atom is 0.344 e. The van der Waals surface area contributed by atoms with Crippen LogP contribution in [0.2, 0.25) is 0 Å². The van der Waals surface area contributed by atoms with Gasteiger partial charge in [0.25, 0.3) is 0 Å². The van der Waals surface area contributed by atoms with E-state index in [1.54, 1.807) is 36.4 Å². The summed E-state index contributed by atoms with van der Waals surface area (Å²) in [7, 11) is 0. The van der Waals surface area contributed by atoms with Crippen LogP contribution in [0, 0.1) is 6.92 Å². The number of benzene rings is 2. The molecule has 0 fully saturated rings. The zero-order valence-corrected chi connectivity index (χ0v) is 20.7. The average Bonchev–Trinajstić information content (AvgIpc) is 2.89. The topological polar surface area (TPSA) is 131 Å². The fourth-order valence-corrected chi connectivity index (χ4v) is 3.65. The van der Waals surface area contributed by atoms with Crippen molar-refractivity contribution in [1.29, 1.82) is 0 Å². The first-order valence-electron chi connectivity index (χ1n) is 12.0. The van der Waals surface area contributed by atoms with E-state index in [9.17, 15) is 19.2 Å². The summed E-state index contributed by atoms with van der Waals surface area (Å²) in [5.41, 5.74) is 0.633. The minimum absolute atomic E-state index is 0.211. The van der Waals surface area contributed by atoms with Gasteiger partial charge in [0.2, 0.25) is 0 Å². The first-order valence-corrected chi connectivity index (χ1v) is 12.0. The summed E-state index contributed by atoms with van der Waals surface area (Å²) in [5.74, 6) is -0.267. The predicted octanol–water partition coefficient (Wildman–Crippen LogP) is 3.92. The molecule has 0 bridgehead atoms. The largest absolute Gasteiger partial charge is 0.482 e. The standard InChI is InChI=1S/C28H26O10/c1-18-13-26(30)38-24-15-21(8-9-22(18)24)36-17-28(32)34-12-4-2-3-11-33-27(31)16-35-20-7-5-19-6-10-25(29)37-23(19)14-20/h5-10,13-15H,2-4,11-12,16-17H2,1H3. The van der Waals surface area contributed by atoms with Crippen LogP contribution in [0.25, 0.3) is 21.9 Å². The number of hydrogen-bond donors (Lipinski definition) is 0. The number of ether oxygens (including phenoxy) is 4. The van der Waals surface area contributed by atoms with Gasteiger partial charge in [-0.1, -0.05) is 0 Å². The first kappa shape index (κ1) is 26.5. The van der Waals surface area contributed by atoms with Crippen LogP contribution in [-0.4, -0.2) is 38.4 Å². The van der Waals surface area contributed by atoms with Gasteiger partial charge in [-0.15, -0.1) is 0 Å². The second-order valence-electron chi connectivity index (χ2n) is 8.44. The molecule has 10 heteroatoms. The van der Waals surface area contributed by atoms with Crippen molar-refractivity contribution in [1.82, 2.24) is 0 Å². The first-order chi connectivity index (χ1) is 18.4. The molecule has 0 N–H and O–H groups in total. The summed E-state index contributed by atoms with van der Waals surface area (Å²) >= 11 is 0. The number of fused-ring (bicyclic) bond motifs is 2. The molecule has 0 spiro atoms. The van der Waals surface area contributed by atoms with Crippen LogP contribution in [-0.2, 0) is 19.1 Å². The monoisotopic (exact) mass is 522 g/mol. The van der Waals surface area contributed by atoms with Crippen molar-refractivity contribution in [2.24, 2.45) is 0 Å². The molecule has 10 nitrogen and oxygen atoms in total. The van der Waals surface area contributed by atoms with E-state index in [1.165, 1.54) is 18.2 Å². The van der Waals surface area contributed by atoms with E-state index in [4.69, 9.17) is 27.8 Å². The lowest BCUT2D eigenvalue weighted by molar-refractivity contribution is -0.146. The van der Waals surface area contributed by atoms with E-state index >= 15 is 0 Å².